The van der Waals surface area contributed by atoms with Crippen molar-refractivity contribution < 1.29 is 9.59 Å². The molecule has 2 heterocycles. The number of ketones is 1. The van der Waals surface area contributed by atoms with Gasteiger partial charge in [-0.05, 0) is 35.6 Å². The first-order valence-corrected chi connectivity index (χ1v) is 10.4. The number of primary amides is 1. The van der Waals surface area contributed by atoms with Crippen LogP contribution in [0.1, 0.15) is 47.6 Å². The lowest BCUT2D eigenvalue weighted by atomic mass is 9.74. The molecule has 5 rings (SSSR count). The summed E-state index contributed by atoms with van der Waals surface area (Å²) in [6.07, 6.45) is 1.92. The number of nitrogens with two attached hydrogens (primary N) is 1. The number of anilines is 1. The van der Waals surface area contributed by atoms with Crippen molar-refractivity contribution in [3.05, 3.63) is 71.0 Å². The Balaban J connectivity index is 1.67. The van der Waals surface area contributed by atoms with Gasteiger partial charge in [-0.3, -0.25) is 9.78 Å². The molecule has 0 atom stereocenters. The second kappa shape index (κ2) is 6.94. The number of hydrogen-bond donors (Lipinski definition) is 3. The molecule has 31 heavy (non-hydrogen) atoms. The summed E-state index contributed by atoms with van der Waals surface area (Å²) in [5.74, 6) is 0.168. The fourth-order valence-corrected chi connectivity index (χ4v) is 4.67. The molecule has 1 aliphatic carbocycles. The first-order chi connectivity index (χ1) is 14.8. The van der Waals surface area contributed by atoms with Gasteiger partial charge in [-0.15, -0.1) is 0 Å². The topological polar surface area (TPSA) is 101 Å². The largest absolute Gasteiger partial charge is 0.353 e. The Labute approximate surface area is 179 Å². The lowest BCUT2D eigenvalue weighted by Crippen LogP contribution is -2.28. The highest BCUT2D eigenvalue weighted by Crippen LogP contribution is 2.40. The van der Waals surface area contributed by atoms with E-state index in [0.717, 1.165) is 50.7 Å². The molecule has 2 amide bonds. The van der Waals surface area contributed by atoms with Gasteiger partial charge in [-0.1, -0.05) is 44.2 Å². The van der Waals surface area contributed by atoms with Crippen molar-refractivity contribution in [1.29, 1.82) is 0 Å². The van der Waals surface area contributed by atoms with Gasteiger partial charge in [-0.25, -0.2) is 4.79 Å². The standard InChI is InChI=1S/C25H24N4O2/c1-25(2)12-19-22(20(30)13-25)21-16-5-3-4-6-17(16)29-23(21)18(28-19)11-14-7-9-15(10-8-14)27-24(26)31/h3-10,29H,11-13H2,1-2H3,(H3,26,27,31). The number of carbonyl (C=O) groups is 2. The molecule has 4 aromatic rings. The summed E-state index contributed by atoms with van der Waals surface area (Å²) >= 11 is 0. The number of hydrogen-bond acceptors (Lipinski definition) is 3. The molecule has 0 saturated heterocycles. The third-order valence-electron chi connectivity index (χ3n) is 5.96. The number of amides is 2. The van der Waals surface area contributed by atoms with Crippen LogP contribution in [0.5, 0.6) is 0 Å². The van der Waals surface area contributed by atoms with Crippen LogP contribution in [0, 0.1) is 5.41 Å². The number of aromatic nitrogens is 2. The third kappa shape index (κ3) is 3.44. The molecule has 0 fully saturated rings. The van der Waals surface area contributed by atoms with Crippen molar-refractivity contribution in [3.8, 4) is 0 Å². The van der Waals surface area contributed by atoms with Gasteiger partial charge in [0.05, 0.1) is 16.9 Å². The molecule has 6 nitrogen and oxygen atoms in total. The Kier molecular flexibility index (Phi) is 4.32. The van der Waals surface area contributed by atoms with Gasteiger partial charge in [0.2, 0.25) is 0 Å². The highest BCUT2D eigenvalue weighted by Gasteiger charge is 2.34. The highest BCUT2D eigenvalue weighted by atomic mass is 16.2. The van der Waals surface area contributed by atoms with E-state index >= 15 is 0 Å². The number of aromatic amines is 1. The molecule has 0 aliphatic heterocycles. The van der Waals surface area contributed by atoms with E-state index in [2.05, 4.69) is 30.2 Å². The number of nitrogens with zero attached hydrogens (tertiary/aromatic N) is 1. The molecule has 4 N–H and O–H groups in total. The molecular formula is C25H24N4O2. The summed E-state index contributed by atoms with van der Waals surface area (Å²) in [6, 6.07) is 15.1. The lowest BCUT2D eigenvalue weighted by Gasteiger charge is -2.30. The minimum absolute atomic E-state index is 0.101. The SMILES string of the molecule is CC1(C)CC(=O)c2c(nc(Cc3ccc(NC(N)=O)cc3)c3[nH]c4ccccc4c23)C1. The number of para-hydroxylation sites is 1. The molecule has 0 bridgehead atoms. The number of nitrogens with one attached hydrogen (secondary N) is 2. The fourth-order valence-electron chi connectivity index (χ4n) is 4.67. The lowest BCUT2D eigenvalue weighted by molar-refractivity contribution is 0.0912. The fraction of sp³-hybridized carbons (Fsp3) is 0.240. The van der Waals surface area contributed by atoms with E-state index in [1.165, 1.54) is 0 Å². The van der Waals surface area contributed by atoms with E-state index in [-0.39, 0.29) is 11.2 Å². The van der Waals surface area contributed by atoms with Crippen molar-refractivity contribution in [2.24, 2.45) is 11.1 Å². The van der Waals surface area contributed by atoms with Crippen molar-refractivity contribution in [1.82, 2.24) is 9.97 Å². The van der Waals surface area contributed by atoms with Crippen LogP contribution in [-0.4, -0.2) is 21.8 Å². The first-order valence-electron chi connectivity index (χ1n) is 10.4. The maximum Gasteiger partial charge on any atom is 0.316 e. The summed E-state index contributed by atoms with van der Waals surface area (Å²) in [5.41, 5.74) is 11.3. The van der Waals surface area contributed by atoms with Gasteiger partial charge in [0, 0.05) is 40.4 Å². The molecule has 0 unspecified atom stereocenters. The predicted molar refractivity (Wildman–Crippen MR) is 122 cm³/mol. The van der Waals surface area contributed by atoms with Crippen LogP contribution >= 0.6 is 0 Å². The van der Waals surface area contributed by atoms with E-state index in [4.69, 9.17) is 10.7 Å². The molecule has 2 aromatic heterocycles. The predicted octanol–water partition coefficient (Wildman–Crippen LogP) is 4.95. The molecule has 156 valence electrons. The van der Waals surface area contributed by atoms with Gasteiger partial charge in [0.1, 0.15) is 0 Å². The number of benzene rings is 2. The van der Waals surface area contributed by atoms with E-state index in [0.29, 0.717) is 18.5 Å². The monoisotopic (exact) mass is 412 g/mol. The molecular weight excluding hydrogens is 388 g/mol. The quantitative estimate of drug-likeness (QED) is 0.444. The van der Waals surface area contributed by atoms with E-state index in [1.807, 2.05) is 42.5 Å². The zero-order chi connectivity index (χ0) is 21.8. The number of H-pyrrole nitrogens is 1. The molecule has 1 aliphatic rings. The average Bonchev–Trinajstić information content (AvgIpc) is 3.08. The zero-order valence-electron chi connectivity index (χ0n) is 17.6. The number of carbonyl (C=O) groups excluding carboxylic acids is 2. The van der Waals surface area contributed by atoms with E-state index in [1.54, 1.807) is 0 Å². The zero-order valence-corrected chi connectivity index (χ0v) is 17.6. The van der Waals surface area contributed by atoms with E-state index < -0.39 is 6.03 Å². The van der Waals surface area contributed by atoms with E-state index in [9.17, 15) is 9.59 Å². The van der Waals surface area contributed by atoms with Crippen LogP contribution in [0.4, 0.5) is 10.5 Å². The van der Waals surface area contributed by atoms with Crippen LogP contribution in [0.2, 0.25) is 0 Å². The Hall–Kier alpha value is -3.67. The highest BCUT2D eigenvalue weighted by molar-refractivity contribution is 6.19. The summed E-state index contributed by atoms with van der Waals surface area (Å²) in [5, 5.41) is 4.63. The average molecular weight is 412 g/mol. The van der Waals surface area contributed by atoms with Crippen LogP contribution in [-0.2, 0) is 12.8 Å². The maximum atomic E-state index is 13.2. The summed E-state index contributed by atoms with van der Waals surface area (Å²) in [6.45, 7) is 4.25. The number of fused-ring (bicyclic) bond motifs is 5. The van der Waals surface area contributed by atoms with Crippen molar-refractivity contribution in [2.45, 2.75) is 33.1 Å². The van der Waals surface area contributed by atoms with Crippen molar-refractivity contribution in [2.75, 3.05) is 5.32 Å². The smallest absolute Gasteiger partial charge is 0.316 e. The van der Waals surface area contributed by atoms with Gasteiger partial charge < -0.3 is 16.0 Å². The normalized spacial score (nSPS) is 15.2. The second-order valence-electron chi connectivity index (χ2n) is 9.10. The molecule has 2 aromatic carbocycles. The van der Waals surface area contributed by atoms with Crippen LogP contribution in [0.15, 0.2) is 48.5 Å². The van der Waals surface area contributed by atoms with Gasteiger partial charge in [-0.2, -0.15) is 0 Å². The second-order valence-corrected chi connectivity index (χ2v) is 9.10. The molecule has 0 spiro atoms. The summed E-state index contributed by atoms with van der Waals surface area (Å²) in [4.78, 5) is 32.7. The minimum Gasteiger partial charge on any atom is -0.353 e. The van der Waals surface area contributed by atoms with Crippen LogP contribution in [0.3, 0.4) is 0 Å². The van der Waals surface area contributed by atoms with Gasteiger partial charge >= 0.3 is 6.03 Å². The number of Topliss-reactive ketones (excluding diaryl/α,β-unsaturated/α-hetero) is 1. The maximum absolute atomic E-state index is 13.2. The molecule has 0 radical (unpaired) electrons. The van der Waals surface area contributed by atoms with Gasteiger partial charge in [0.25, 0.3) is 0 Å². The van der Waals surface area contributed by atoms with Crippen molar-refractivity contribution in [3.63, 3.8) is 0 Å². The Bertz CT molecular complexity index is 1350. The minimum atomic E-state index is -0.587. The first kappa shape index (κ1) is 19.3. The Morgan fingerprint density at radius 3 is 2.61 bits per heavy atom. The van der Waals surface area contributed by atoms with Crippen molar-refractivity contribution >= 4 is 39.3 Å². The van der Waals surface area contributed by atoms with Gasteiger partial charge in [0.15, 0.2) is 5.78 Å². The molecule has 6 heteroatoms. The third-order valence-corrected chi connectivity index (χ3v) is 5.96. The number of urea groups is 1. The molecule has 0 saturated carbocycles. The Morgan fingerprint density at radius 1 is 1.13 bits per heavy atom. The van der Waals surface area contributed by atoms with Crippen LogP contribution < -0.4 is 11.1 Å². The number of pyridine rings is 1. The summed E-state index contributed by atoms with van der Waals surface area (Å²) < 4.78 is 0. The van der Waals surface area contributed by atoms with Crippen LogP contribution in [0.25, 0.3) is 21.8 Å². The summed E-state index contributed by atoms with van der Waals surface area (Å²) in [7, 11) is 0. The number of rotatable bonds is 3. The Morgan fingerprint density at radius 2 is 1.87 bits per heavy atom.